The van der Waals surface area contributed by atoms with Crippen molar-refractivity contribution in [1.82, 2.24) is 4.98 Å². The second-order valence-electron chi connectivity index (χ2n) is 4.36. The number of nitro groups is 1. The molecular weight excluding hydrogens is 206 g/mol. The zero-order valence-corrected chi connectivity index (χ0v) is 10.1. The first-order valence-corrected chi connectivity index (χ1v) is 5.24. The van der Waals surface area contributed by atoms with E-state index < -0.39 is 4.92 Å². The normalized spacial score (nSPS) is 10.6. The van der Waals surface area contributed by atoms with Crippen LogP contribution in [0.25, 0.3) is 0 Å². The van der Waals surface area contributed by atoms with Crippen molar-refractivity contribution in [3.8, 4) is 0 Å². The highest BCUT2D eigenvalue weighted by Gasteiger charge is 2.13. The van der Waals surface area contributed by atoms with Gasteiger partial charge in [0.15, 0.2) is 0 Å². The van der Waals surface area contributed by atoms with E-state index in [-0.39, 0.29) is 5.69 Å². The van der Waals surface area contributed by atoms with Crippen LogP contribution >= 0.6 is 0 Å². The predicted molar refractivity (Wildman–Crippen MR) is 63.7 cm³/mol. The van der Waals surface area contributed by atoms with Gasteiger partial charge < -0.3 is 4.90 Å². The zero-order valence-electron chi connectivity index (χ0n) is 10.1. The molecule has 0 fully saturated rings. The number of rotatable bonds is 4. The Morgan fingerprint density at radius 1 is 1.56 bits per heavy atom. The highest BCUT2D eigenvalue weighted by molar-refractivity contribution is 5.48. The molecule has 0 radical (unpaired) electrons. The molecular formula is C11H17N3O2. The second kappa shape index (κ2) is 4.92. The Labute approximate surface area is 95.3 Å². The number of anilines is 1. The van der Waals surface area contributed by atoms with Gasteiger partial charge in [-0.2, -0.15) is 0 Å². The summed E-state index contributed by atoms with van der Waals surface area (Å²) in [5.41, 5.74) is 0.715. The third-order valence-corrected chi connectivity index (χ3v) is 2.30. The average Bonchev–Trinajstić information content (AvgIpc) is 2.15. The number of hydrogen-bond donors (Lipinski definition) is 0. The Kier molecular flexibility index (Phi) is 3.82. The SMILES string of the molecule is Cc1cc(N(C)CC(C)C)ncc1[N+](=O)[O-]. The molecule has 0 aliphatic heterocycles. The van der Waals surface area contributed by atoms with E-state index in [9.17, 15) is 10.1 Å². The fourth-order valence-electron chi connectivity index (χ4n) is 1.58. The van der Waals surface area contributed by atoms with Crippen LogP contribution in [0.4, 0.5) is 11.5 Å². The minimum Gasteiger partial charge on any atom is -0.359 e. The van der Waals surface area contributed by atoms with E-state index in [0.717, 1.165) is 12.4 Å². The Balaban J connectivity index is 2.92. The Morgan fingerprint density at radius 3 is 2.62 bits per heavy atom. The van der Waals surface area contributed by atoms with Gasteiger partial charge in [-0.1, -0.05) is 13.8 Å². The average molecular weight is 223 g/mol. The standard InChI is InChI=1S/C11H17N3O2/c1-8(2)7-13(4)11-5-9(3)10(6-12-11)14(15)16/h5-6,8H,7H2,1-4H3. The molecule has 0 amide bonds. The molecule has 5 heteroatoms. The van der Waals surface area contributed by atoms with Gasteiger partial charge in [-0.15, -0.1) is 0 Å². The van der Waals surface area contributed by atoms with Crippen LogP contribution in [-0.4, -0.2) is 23.5 Å². The van der Waals surface area contributed by atoms with Crippen LogP contribution < -0.4 is 4.90 Å². The van der Waals surface area contributed by atoms with Gasteiger partial charge in [-0.3, -0.25) is 10.1 Å². The predicted octanol–water partition coefficient (Wildman–Crippen LogP) is 2.39. The minimum atomic E-state index is -0.408. The maximum absolute atomic E-state index is 10.6. The maximum Gasteiger partial charge on any atom is 0.290 e. The van der Waals surface area contributed by atoms with Crippen LogP contribution in [0, 0.1) is 23.0 Å². The summed E-state index contributed by atoms with van der Waals surface area (Å²) in [5.74, 6) is 1.30. The lowest BCUT2D eigenvalue weighted by molar-refractivity contribution is -0.385. The van der Waals surface area contributed by atoms with Crippen LogP contribution in [-0.2, 0) is 0 Å². The molecule has 0 saturated heterocycles. The summed E-state index contributed by atoms with van der Waals surface area (Å²) in [6.07, 6.45) is 1.32. The summed E-state index contributed by atoms with van der Waals surface area (Å²) in [7, 11) is 1.94. The molecule has 0 aliphatic carbocycles. The highest BCUT2D eigenvalue weighted by atomic mass is 16.6. The van der Waals surface area contributed by atoms with Gasteiger partial charge in [-0.05, 0) is 18.9 Å². The van der Waals surface area contributed by atoms with E-state index in [4.69, 9.17) is 0 Å². The first-order valence-electron chi connectivity index (χ1n) is 5.24. The number of hydrogen-bond acceptors (Lipinski definition) is 4. The molecule has 0 bridgehead atoms. The van der Waals surface area contributed by atoms with Crippen molar-refractivity contribution in [3.63, 3.8) is 0 Å². The molecule has 1 heterocycles. The number of pyridine rings is 1. The lowest BCUT2D eigenvalue weighted by atomic mass is 10.2. The van der Waals surface area contributed by atoms with Gasteiger partial charge in [0.05, 0.1) is 4.92 Å². The minimum absolute atomic E-state index is 0.0710. The number of aromatic nitrogens is 1. The molecule has 1 rings (SSSR count). The van der Waals surface area contributed by atoms with Gasteiger partial charge in [-0.25, -0.2) is 4.98 Å². The van der Waals surface area contributed by atoms with E-state index >= 15 is 0 Å². The zero-order chi connectivity index (χ0) is 12.3. The molecule has 1 aromatic heterocycles. The van der Waals surface area contributed by atoms with E-state index in [0.29, 0.717) is 11.5 Å². The Morgan fingerprint density at radius 2 is 2.19 bits per heavy atom. The largest absolute Gasteiger partial charge is 0.359 e. The first kappa shape index (κ1) is 12.4. The summed E-state index contributed by atoms with van der Waals surface area (Å²) in [6, 6.07) is 1.75. The summed E-state index contributed by atoms with van der Waals surface area (Å²) in [5, 5.41) is 10.6. The van der Waals surface area contributed by atoms with Crippen molar-refractivity contribution in [2.45, 2.75) is 20.8 Å². The van der Waals surface area contributed by atoms with Gasteiger partial charge >= 0.3 is 0 Å². The van der Waals surface area contributed by atoms with Crippen molar-refractivity contribution in [1.29, 1.82) is 0 Å². The molecule has 0 unspecified atom stereocenters. The molecule has 1 aromatic rings. The van der Waals surface area contributed by atoms with Crippen LogP contribution in [0.2, 0.25) is 0 Å². The fraction of sp³-hybridized carbons (Fsp3) is 0.545. The van der Waals surface area contributed by atoms with Crippen molar-refractivity contribution < 1.29 is 4.92 Å². The smallest absolute Gasteiger partial charge is 0.290 e. The van der Waals surface area contributed by atoms with E-state index in [2.05, 4.69) is 18.8 Å². The summed E-state index contributed by atoms with van der Waals surface area (Å²) in [6.45, 7) is 6.85. The summed E-state index contributed by atoms with van der Waals surface area (Å²) >= 11 is 0. The highest BCUT2D eigenvalue weighted by Crippen LogP contribution is 2.20. The molecule has 0 spiro atoms. The van der Waals surface area contributed by atoms with Gasteiger partial charge in [0, 0.05) is 19.2 Å². The molecule has 0 atom stereocenters. The molecule has 0 saturated carbocycles. The summed E-state index contributed by atoms with van der Waals surface area (Å²) < 4.78 is 0. The van der Waals surface area contributed by atoms with Gasteiger partial charge in [0.1, 0.15) is 12.0 Å². The van der Waals surface area contributed by atoms with Crippen molar-refractivity contribution >= 4 is 11.5 Å². The molecule has 16 heavy (non-hydrogen) atoms. The van der Waals surface area contributed by atoms with Crippen molar-refractivity contribution in [2.24, 2.45) is 5.92 Å². The van der Waals surface area contributed by atoms with Crippen molar-refractivity contribution in [3.05, 3.63) is 27.9 Å². The monoisotopic (exact) mass is 223 g/mol. The number of aryl methyl sites for hydroxylation is 1. The topological polar surface area (TPSA) is 59.3 Å². The fourth-order valence-corrected chi connectivity index (χ4v) is 1.58. The second-order valence-corrected chi connectivity index (χ2v) is 4.36. The van der Waals surface area contributed by atoms with Crippen LogP contribution in [0.5, 0.6) is 0 Å². The van der Waals surface area contributed by atoms with E-state index in [1.54, 1.807) is 13.0 Å². The first-order chi connectivity index (χ1) is 7.41. The summed E-state index contributed by atoms with van der Waals surface area (Å²) in [4.78, 5) is 16.3. The van der Waals surface area contributed by atoms with Crippen LogP contribution in [0.15, 0.2) is 12.3 Å². The third kappa shape index (κ3) is 2.92. The van der Waals surface area contributed by atoms with E-state index in [1.807, 2.05) is 11.9 Å². The lowest BCUT2D eigenvalue weighted by Crippen LogP contribution is -2.23. The Hall–Kier alpha value is -1.65. The van der Waals surface area contributed by atoms with Gasteiger partial charge in [0.2, 0.25) is 0 Å². The molecule has 0 aliphatic rings. The Bertz CT molecular complexity index is 391. The molecule has 5 nitrogen and oxygen atoms in total. The van der Waals surface area contributed by atoms with Crippen LogP contribution in [0.1, 0.15) is 19.4 Å². The number of nitrogens with zero attached hydrogens (tertiary/aromatic N) is 3. The van der Waals surface area contributed by atoms with E-state index in [1.165, 1.54) is 6.20 Å². The van der Waals surface area contributed by atoms with Gasteiger partial charge in [0.25, 0.3) is 5.69 Å². The molecule has 0 N–H and O–H groups in total. The quantitative estimate of drug-likeness (QED) is 0.581. The molecule has 0 aromatic carbocycles. The lowest BCUT2D eigenvalue weighted by Gasteiger charge is -2.20. The maximum atomic E-state index is 10.6. The third-order valence-electron chi connectivity index (χ3n) is 2.30. The van der Waals surface area contributed by atoms with Crippen LogP contribution in [0.3, 0.4) is 0 Å². The molecule has 88 valence electrons. The van der Waals surface area contributed by atoms with Crippen molar-refractivity contribution in [2.75, 3.05) is 18.5 Å².